The van der Waals surface area contributed by atoms with Crippen LogP contribution in [0.15, 0.2) is 22.8 Å². The molecule has 1 saturated heterocycles. The molecule has 2 nitrogen and oxygen atoms in total. The first kappa shape index (κ1) is 12.4. The van der Waals surface area contributed by atoms with Crippen LogP contribution in [0, 0.1) is 0 Å². The van der Waals surface area contributed by atoms with Crippen molar-refractivity contribution in [3.63, 3.8) is 0 Å². The molecular weight excluding hydrogens is 284 g/mol. The molecule has 0 amide bonds. The molecule has 2 heterocycles. The number of aromatic nitrogens is 1. The van der Waals surface area contributed by atoms with E-state index in [1.165, 1.54) is 18.6 Å². The standard InChI is InChI=1S/C12H17BrN2S/c1-12(5-2-6-16-12)11(14)7-10-4-3-9(13)8-15-10/h3-4,8,11H,2,5-7,14H2,1H3. The second-order valence-corrected chi connectivity index (χ2v) is 7.09. The maximum atomic E-state index is 6.31. The molecule has 2 unspecified atom stereocenters. The van der Waals surface area contributed by atoms with Crippen LogP contribution in [0.3, 0.4) is 0 Å². The first-order valence-corrected chi connectivity index (χ1v) is 7.38. The van der Waals surface area contributed by atoms with Crippen molar-refractivity contribution in [1.82, 2.24) is 4.98 Å². The molecule has 4 heteroatoms. The van der Waals surface area contributed by atoms with Crippen LogP contribution in [0.2, 0.25) is 0 Å². The highest BCUT2D eigenvalue weighted by molar-refractivity contribution is 9.10. The number of nitrogens with two attached hydrogens (primary N) is 1. The highest BCUT2D eigenvalue weighted by Crippen LogP contribution is 2.40. The Morgan fingerprint density at radius 1 is 1.62 bits per heavy atom. The summed E-state index contributed by atoms with van der Waals surface area (Å²) in [7, 11) is 0. The summed E-state index contributed by atoms with van der Waals surface area (Å²) in [6.07, 6.45) is 5.24. The van der Waals surface area contributed by atoms with E-state index in [1.54, 1.807) is 0 Å². The van der Waals surface area contributed by atoms with E-state index < -0.39 is 0 Å². The number of hydrogen-bond donors (Lipinski definition) is 1. The predicted octanol–water partition coefficient (Wildman–Crippen LogP) is 3.00. The summed E-state index contributed by atoms with van der Waals surface area (Å²) < 4.78 is 1.26. The Morgan fingerprint density at radius 2 is 2.44 bits per heavy atom. The molecule has 0 aromatic carbocycles. The highest BCUT2D eigenvalue weighted by Gasteiger charge is 2.35. The maximum Gasteiger partial charge on any atom is 0.0420 e. The number of thioether (sulfide) groups is 1. The summed E-state index contributed by atoms with van der Waals surface area (Å²) >= 11 is 5.40. The monoisotopic (exact) mass is 300 g/mol. The Kier molecular flexibility index (Phi) is 3.93. The van der Waals surface area contributed by atoms with E-state index in [0.717, 1.165) is 16.6 Å². The number of hydrogen-bond acceptors (Lipinski definition) is 3. The van der Waals surface area contributed by atoms with Gasteiger partial charge in [-0.3, -0.25) is 4.98 Å². The number of nitrogens with zero attached hydrogens (tertiary/aromatic N) is 1. The average molecular weight is 301 g/mol. The van der Waals surface area contributed by atoms with Crippen LogP contribution in [0.25, 0.3) is 0 Å². The van der Waals surface area contributed by atoms with Crippen molar-refractivity contribution >= 4 is 27.7 Å². The minimum Gasteiger partial charge on any atom is -0.326 e. The van der Waals surface area contributed by atoms with Crippen LogP contribution in [-0.4, -0.2) is 21.5 Å². The molecule has 1 fully saturated rings. The van der Waals surface area contributed by atoms with E-state index in [1.807, 2.05) is 30.1 Å². The molecule has 1 aromatic rings. The summed E-state index contributed by atoms with van der Waals surface area (Å²) in [5, 5.41) is 0. The minimum absolute atomic E-state index is 0.202. The lowest BCUT2D eigenvalue weighted by Crippen LogP contribution is -2.42. The summed E-state index contributed by atoms with van der Waals surface area (Å²) in [5.74, 6) is 1.25. The Bertz CT molecular complexity index is 347. The van der Waals surface area contributed by atoms with E-state index in [2.05, 4.69) is 27.8 Å². The molecule has 0 aliphatic carbocycles. The zero-order chi connectivity index (χ0) is 11.6. The fourth-order valence-electron chi connectivity index (χ4n) is 2.06. The Hall–Kier alpha value is -0.0600. The molecule has 1 aromatic heterocycles. The van der Waals surface area contributed by atoms with E-state index >= 15 is 0 Å². The molecule has 0 saturated carbocycles. The third kappa shape index (κ3) is 2.79. The zero-order valence-corrected chi connectivity index (χ0v) is 11.9. The Balaban J connectivity index is 2.01. The molecule has 0 bridgehead atoms. The van der Waals surface area contributed by atoms with Crippen molar-refractivity contribution in [2.45, 2.75) is 37.0 Å². The van der Waals surface area contributed by atoms with Gasteiger partial charge in [-0.25, -0.2) is 0 Å². The van der Waals surface area contributed by atoms with Crippen LogP contribution >= 0.6 is 27.7 Å². The lowest BCUT2D eigenvalue weighted by Gasteiger charge is -2.30. The molecule has 88 valence electrons. The van der Waals surface area contributed by atoms with Gasteiger partial charge in [-0.05, 0) is 53.6 Å². The number of rotatable bonds is 3. The molecule has 2 N–H and O–H groups in total. The second kappa shape index (κ2) is 5.07. The average Bonchev–Trinajstić information content (AvgIpc) is 2.70. The first-order chi connectivity index (χ1) is 7.60. The smallest absolute Gasteiger partial charge is 0.0420 e. The van der Waals surface area contributed by atoms with Gasteiger partial charge < -0.3 is 5.73 Å². The van der Waals surface area contributed by atoms with Crippen LogP contribution in [0.1, 0.15) is 25.5 Å². The number of pyridine rings is 1. The van der Waals surface area contributed by atoms with Crippen LogP contribution < -0.4 is 5.73 Å². The van der Waals surface area contributed by atoms with Gasteiger partial charge in [0.05, 0.1) is 0 Å². The van der Waals surface area contributed by atoms with Gasteiger partial charge in [0.15, 0.2) is 0 Å². The van der Waals surface area contributed by atoms with Gasteiger partial charge in [0.1, 0.15) is 0 Å². The zero-order valence-electron chi connectivity index (χ0n) is 9.45. The second-order valence-electron chi connectivity index (χ2n) is 4.54. The Morgan fingerprint density at radius 3 is 3.00 bits per heavy atom. The van der Waals surface area contributed by atoms with E-state index in [9.17, 15) is 0 Å². The van der Waals surface area contributed by atoms with Crippen molar-refractivity contribution in [2.24, 2.45) is 5.73 Å². The molecule has 0 spiro atoms. The third-order valence-corrected chi connectivity index (χ3v) is 5.38. The Labute approximate surface area is 110 Å². The van der Waals surface area contributed by atoms with Crippen molar-refractivity contribution in [3.05, 3.63) is 28.5 Å². The summed E-state index contributed by atoms with van der Waals surface area (Å²) in [6.45, 7) is 2.29. The predicted molar refractivity (Wildman–Crippen MR) is 73.7 cm³/mol. The van der Waals surface area contributed by atoms with Gasteiger partial charge in [-0.1, -0.05) is 0 Å². The summed E-state index contributed by atoms with van der Waals surface area (Å²) in [5.41, 5.74) is 7.40. The molecule has 1 aliphatic rings. The van der Waals surface area contributed by atoms with Gasteiger partial charge >= 0.3 is 0 Å². The van der Waals surface area contributed by atoms with Crippen LogP contribution in [0.5, 0.6) is 0 Å². The van der Waals surface area contributed by atoms with Crippen molar-refractivity contribution in [2.75, 3.05) is 5.75 Å². The lowest BCUT2D eigenvalue weighted by atomic mass is 9.93. The van der Waals surface area contributed by atoms with E-state index in [4.69, 9.17) is 5.73 Å². The van der Waals surface area contributed by atoms with Gasteiger partial charge in [-0.15, -0.1) is 0 Å². The highest BCUT2D eigenvalue weighted by atomic mass is 79.9. The normalized spacial score (nSPS) is 26.9. The number of halogens is 1. The first-order valence-electron chi connectivity index (χ1n) is 5.60. The van der Waals surface area contributed by atoms with Crippen LogP contribution in [0.4, 0.5) is 0 Å². The van der Waals surface area contributed by atoms with E-state index in [0.29, 0.717) is 0 Å². The van der Waals surface area contributed by atoms with Gasteiger partial charge in [-0.2, -0.15) is 11.8 Å². The lowest BCUT2D eigenvalue weighted by molar-refractivity contribution is 0.479. The van der Waals surface area contributed by atoms with Crippen LogP contribution in [-0.2, 0) is 6.42 Å². The molecule has 16 heavy (non-hydrogen) atoms. The molecule has 2 rings (SSSR count). The SMILES string of the molecule is CC1(C(N)Cc2ccc(Br)cn2)CCCS1. The van der Waals surface area contributed by atoms with Gasteiger partial charge in [0, 0.05) is 33.6 Å². The summed E-state index contributed by atoms with van der Waals surface area (Å²) in [4.78, 5) is 4.38. The van der Waals surface area contributed by atoms with E-state index in [-0.39, 0.29) is 10.8 Å². The summed E-state index contributed by atoms with van der Waals surface area (Å²) in [6, 6.07) is 4.28. The maximum absolute atomic E-state index is 6.31. The van der Waals surface area contributed by atoms with Crippen molar-refractivity contribution in [3.8, 4) is 0 Å². The topological polar surface area (TPSA) is 38.9 Å². The molecule has 1 aliphatic heterocycles. The molecular formula is C12H17BrN2S. The third-order valence-electron chi connectivity index (χ3n) is 3.25. The van der Waals surface area contributed by atoms with Crippen molar-refractivity contribution < 1.29 is 0 Å². The largest absolute Gasteiger partial charge is 0.326 e. The molecule has 0 radical (unpaired) electrons. The van der Waals surface area contributed by atoms with Gasteiger partial charge in [0.25, 0.3) is 0 Å². The fourth-order valence-corrected chi connectivity index (χ4v) is 3.64. The van der Waals surface area contributed by atoms with Crippen molar-refractivity contribution in [1.29, 1.82) is 0 Å². The van der Waals surface area contributed by atoms with Gasteiger partial charge in [0.2, 0.25) is 0 Å². The fraction of sp³-hybridized carbons (Fsp3) is 0.583. The quantitative estimate of drug-likeness (QED) is 0.933. The molecule has 2 atom stereocenters. The minimum atomic E-state index is 0.202.